The number of hydrogen-bond acceptors (Lipinski definition) is 2. The van der Waals surface area contributed by atoms with Crippen molar-refractivity contribution < 1.29 is 4.39 Å². The van der Waals surface area contributed by atoms with Crippen LogP contribution in [0, 0.1) is 5.82 Å². The number of aryl methyl sites for hydroxylation is 1. The van der Waals surface area contributed by atoms with Gasteiger partial charge < -0.3 is 4.90 Å². The van der Waals surface area contributed by atoms with Gasteiger partial charge in [0.2, 0.25) is 0 Å². The summed E-state index contributed by atoms with van der Waals surface area (Å²) in [5.41, 5.74) is 4.72. The number of benzene rings is 2. The Balaban J connectivity index is 1.84. The van der Waals surface area contributed by atoms with Gasteiger partial charge in [-0.15, -0.1) is 0 Å². The van der Waals surface area contributed by atoms with Crippen LogP contribution < -0.4 is 0 Å². The molecule has 112 valence electrons. The van der Waals surface area contributed by atoms with Gasteiger partial charge in [0.15, 0.2) is 0 Å². The second kappa shape index (κ2) is 4.92. The minimum Gasteiger partial charge on any atom is -0.301 e. The molecule has 4 heteroatoms. The minimum atomic E-state index is -0.157. The zero-order valence-electron chi connectivity index (χ0n) is 12.8. The zero-order valence-corrected chi connectivity index (χ0v) is 12.8. The lowest BCUT2D eigenvalue weighted by atomic mass is 9.84. The summed E-state index contributed by atoms with van der Waals surface area (Å²) >= 11 is 0. The Morgan fingerprint density at radius 3 is 2.86 bits per heavy atom. The molecule has 3 aromatic rings. The number of aromatic nitrogens is 2. The van der Waals surface area contributed by atoms with Gasteiger partial charge in [0.25, 0.3) is 0 Å². The molecule has 22 heavy (non-hydrogen) atoms. The second-order valence-corrected chi connectivity index (χ2v) is 6.18. The van der Waals surface area contributed by atoms with Gasteiger partial charge in [-0.25, -0.2) is 4.39 Å². The molecule has 0 bridgehead atoms. The molecule has 0 aliphatic carbocycles. The SMILES string of the molecule is CN1Cc2cc(F)ccc2C(c2ccc3c(cnn3C)c2)C1. The maximum Gasteiger partial charge on any atom is 0.123 e. The van der Waals surface area contributed by atoms with Gasteiger partial charge in [-0.2, -0.15) is 5.10 Å². The van der Waals surface area contributed by atoms with E-state index >= 15 is 0 Å². The summed E-state index contributed by atoms with van der Waals surface area (Å²) in [7, 11) is 4.04. The van der Waals surface area contributed by atoms with E-state index in [0.717, 1.165) is 29.6 Å². The Kier molecular flexibility index (Phi) is 3.01. The topological polar surface area (TPSA) is 21.1 Å². The lowest BCUT2D eigenvalue weighted by Crippen LogP contribution is -2.31. The molecule has 1 aliphatic heterocycles. The van der Waals surface area contributed by atoms with Gasteiger partial charge in [-0.05, 0) is 48.0 Å². The summed E-state index contributed by atoms with van der Waals surface area (Å²) in [6, 6.07) is 11.7. The molecule has 0 radical (unpaired) electrons. The number of nitrogens with zero attached hydrogens (tertiary/aromatic N) is 3. The quantitative estimate of drug-likeness (QED) is 0.687. The Labute approximate surface area is 129 Å². The fourth-order valence-electron chi connectivity index (χ4n) is 3.50. The fourth-order valence-corrected chi connectivity index (χ4v) is 3.50. The molecule has 0 N–H and O–H groups in total. The Bertz CT molecular complexity index is 853. The molecule has 0 saturated carbocycles. The van der Waals surface area contributed by atoms with Crippen LogP contribution in [0.5, 0.6) is 0 Å². The molecule has 0 amide bonds. The lowest BCUT2D eigenvalue weighted by molar-refractivity contribution is 0.294. The van der Waals surface area contributed by atoms with Crippen molar-refractivity contribution in [3.05, 3.63) is 65.1 Å². The van der Waals surface area contributed by atoms with Crippen molar-refractivity contribution in [1.82, 2.24) is 14.7 Å². The standard InChI is InChI=1S/C18H18FN3/c1-21-10-14-8-15(19)4-5-16(14)17(11-21)12-3-6-18-13(7-12)9-20-22(18)2/h3-9,17H,10-11H2,1-2H3. The maximum absolute atomic E-state index is 13.5. The van der Waals surface area contributed by atoms with Gasteiger partial charge >= 0.3 is 0 Å². The molecule has 1 aliphatic rings. The number of likely N-dealkylation sites (N-methyl/N-ethyl adjacent to an activating group) is 1. The van der Waals surface area contributed by atoms with Gasteiger partial charge in [-0.3, -0.25) is 4.68 Å². The summed E-state index contributed by atoms with van der Waals surface area (Å²) in [6.45, 7) is 1.75. The van der Waals surface area contributed by atoms with E-state index in [0.29, 0.717) is 0 Å². The smallest absolute Gasteiger partial charge is 0.123 e. The molecule has 0 saturated heterocycles. The summed E-state index contributed by atoms with van der Waals surface area (Å²) < 4.78 is 15.4. The highest BCUT2D eigenvalue weighted by Crippen LogP contribution is 2.34. The van der Waals surface area contributed by atoms with Gasteiger partial charge in [-0.1, -0.05) is 12.1 Å². The normalized spacial score (nSPS) is 18.6. The largest absolute Gasteiger partial charge is 0.301 e. The number of halogens is 1. The first-order valence-corrected chi connectivity index (χ1v) is 7.50. The number of fused-ring (bicyclic) bond motifs is 2. The van der Waals surface area contributed by atoms with Crippen LogP contribution in [0.15, 0.2) is 42.6 Å². The highest BCUT2D eigenvalue weighted by Gasteiger charge is 2.25. The van der Waals surface area contributed by atoms with E-state index in [1.54, 1.807) is 12.1 Å². The molecule has 3 nitrogen and oxygen atoms in total. The summed E-state index contributed by atoms with van der Waals surface area (Å²) in [5, 5.41) is 5.46. The predicted molar refractivity (Wildman–Crippen MR) is 85.3 cm³/mol. The first-order chi connectivity index (χ1) is 10.6. The molecular weight excluding hydrogens is 277 g/mol. The van der Waals surface area contributed by atoms with Crippen molar-refractivity contribution in [2.24, 2.45) is 7.05 Å². The van der Waals surface area contributed by atoms with E-state index in [-0.39, 0.29) is 11.7 Å². The first-order valence-electron chi connectivity index (χ1n) is 7.50. The summed E-state index contributed by atoms with van der Waals surface area (Å²) in [6.07, 6.45) is 1.90. The predicted octanol–water partition coefficient (Wildman–Crippen LogP) is 3.29. The Morgan fingerprint density at radius 2 is 2.00 bits per heavy atom. The molecule has 0 fully saturated rings. The van der Waals surface area contributed by atoms with Crippen LogP contribution in [0.3, 0.4) is 0 Å². The molecule has 1 aromatic heterocycles. The highest BCUT2D eigenvalue weighted by atomic mass is 19.1. The molecular formula is C18H18FN3. The van der Waals surface area contributed by atoms with Crippen LogP contribution >= 0.6 is 0 Å². The highest BCUT2D eigenvalue weighted by molar-refractivity contribution is 5.79. The number of hydrogen-bond donors (Lipinski definition) is 0. The second-order valence-electron chi connectivity index (χ2n) is 6.18. The van der Waals surface area contributed by atoms with Crippen LogP contribution in [-0.2, 0) is 13.6 Å². The zero-order chi connectivity index (χ0) is 15.3. The van der Waals surface area contributed by atoms with Crippen molar-refractivity contribution in [1.29, 1.82) is 0 Å². The average Bonchev–Trinajstić information content (AvgIpc) is 2.87. The molecule has 1 atom stereocenters. The van der Waals surface area contributed by atoms with Gasteiger partial charge in [0, 0.05) is 31.4 Å². The maximum atomic E-state index is 13.5. The summed E-state index contributed by atoms with van der Waals surface area (Å²) in [5.74, 6) is 0.120. The third-order valence-electron chi connectivity index (χ3n) is 4.59. The molecule has 0 spiro atoms. The number of rotatable bonds is 1. The lowest BCUT2D eigenvalue weighted by Gasteiger charge is -2.32. The molecule has 2 heterocycles. The molecule has 2 aromatic carbocycles. The van der Waals surface area contributed by atoms with Crippen LogP contribution in [0.2, 0.25) is 0 Å². The monoisotopic (exact) mass is 295 g/mol. The van der Waals surface area contributed by atoms with Crippen LogP contribution in [0.25, 0.3) is 10.9 Å². The van der Waals surface area contributed by atoms with Crippen molar-refractivity contribution in [2.75, 3.05) is 13.6 Å². The Hall–Kier alpha value is -2.20. The van der Waals surface area contributed by atoms with Crippen LogP contribution in [0.4, 0.5) is 4.39 Å². The average molecular weight is 295 g/mol. The van der Waals surface area contributed by atoms with E-state index in [4.69, 9.17) is 0 Å². The van der Waals surface area contributed by atoms with E-state index in [1.807, 2.05) is 24.0 Å². The van der Waals surface area contributed by atoms with E-state index < -0.39 is 0 Å². The van der Waals surface area contributed by atoms with E-state index in [9.17, 15) is 4.39 Å². The van der Waals surface area contributed by atoms with Crippen LogP contribution in [0.1, 0.15) is 22.6 Å². The molecule has 4 rings (SSSR count). The molecule has 1 unspecified atom stereocenters. The van der Waals surface area contributed by atoms with Gasteiger partial charge in [0.05, 0.1) is 11.7 Å². The van der Waals surface area contributed by atoms with Crippen molar-refractivity contribution in [2.45, 2.75) is 12.5 Å². The summed E-state index contributed by atoms with van der Waals surface area (Å²) in [4.78, 5) is 2.25. The fraction of sp³-hybridized carbons (Fsp3) is 0.278. The van der Waals surface area contributed by atoms with Crippen LogP contribution in [-0.4, -0.2) is 28.3 Å². The van der Waals surface area contributed by atoms with Gasteiger partial charge in [0.1, 0.15) is 5.82 Å². The van der Waals surface area contributed by atoms with Crippen molar-refractivity contribution >= 4 is 10.9 Å². The third-order valence-corrected chi connectivity index (χ3v) is 4.59. The van der Waals surface area contributed by atoms with E-state index in [2.05, 4.69) is 35.2 Å². The minimum absolute atomic E-state index is 0.157. The van der Waals surface area contributed by atoms with E-state index in [1.165, 1.54) is 11.1 Å². The van der Waals surface area contributed by atoms with Crippen molar-refractivity contribution in [3.63, 3.8) is 0 Å². The third kappa shape index (κ3) is 2.11. The first kappa shape index (κ1) is 13.5. The van der Waals surface area contributed by atoms with Crippen molar-refractivity contribution in [3.8, 4) is 0 Å². The Morgan fingerprint density at radius 1 is 1.14 bits per heavy atom.